The fraction of sp³-hybridized carbons (Fsp3) is 0. The van der Waals surface area contributed by atoms with Crippen molar-refractivity contribution in [3.63, 3.8) is 0 Å². The van der Waals surface area contributed by atoms with Crippen LogP contribution in [0.1, 0.15) is 9.67 Å². The quantitative estimate of drug-likeness (QED) is 0.727. The molecule has 0 aliphatic rings. The van der Waals surface area contributed by atoms with Crippen molar-refractivity contribution in [2.24, 2.45) is 0 Å². The number of rotatable bonds is 5. The third-order valence-corrected chi connectivity index (χ3v) is 6.51. The molecule has 0 fully saturated rings. The number of aromatic carboxylic acids is 1. The summed E-state index contributed by atoms with van der Waals surface area (Å²) in [5, 5.41) is 14.3. The summed E-state index contributed by atoms with van der Waals surface area (Å²) in [5.41, 5.74) is 0.585. The molecule has 7 nitrogen and oxygen atoms in total. The van der Waals surface area contributed by atoms with Crippen LogP contribution in [0.3, 0.4) is 0 Å². The average Bonchev–Trinajstić information content (AvgIpc) is 3.19. The van der Waals surface area contributed by atoms with E-state index in [0.29, 0.717) is 10.6 Å². The predicted molar refractivity (Wildman–Crippen MR) is 81.9 cm³/mol. The molecule has 0 radical (unpaired) electrons. The van der Waals surface area contributed by atoms with Crippen molar-refractivity contribution in [2.75, 3.05) is 4.72 Å². The van der Waals surface area contributed by atoms with E-state index < -0.39 is 16.0 Å². The van der Waals surface area contributed by atoms with Crippen LogP contribution in [-0.4, -0.2) is 24.7 Å². The normalized spacial score (nSPS) is 11.5. The van der Waals surface area contributed by atoms with Crippen LogP contribution in [0.15, 0.2) is 44.6 Å². The Bertz CT molecular complexity index is 908. The van der Waals surface area contributed by atoms with E-state index in [1.807, 2.05) is 0 Å². The highest BCUT2D eigenvalue weighted by Gasteiger charge is 2.21. The highest BCUT2D eigenvalue weighted by molar-refractivity contribution is 7.94. The summed E-state index contributed by atoms with van der Waals surface area (Å²) in [5.74, 6) is -1.18. The molecule has 0 amide bonds. The second-order valence-electron chi connectivity index (χ2n) is 4.08. The lowest BCUT2D eigenvalue weighted by atomic mass is 10.3. The molecule has 0 aromatic carbocycles. The first-order valence-electron chi connectivity index (χ1n) is 5.81. The third-order valence-electron chi connectivity index (χ3n) is 2.64. The number of carboxylic acids is 1. The lowest BCUT2D eigenvalue weighted by Gasteiger charge is -2.05. The van der Waals surface area contributed by atoms with Gasteiger partial charge in [0.05, 0.1) is 10.6 Å². The SMILES string of the molecule is O=C(O)c1sccc1NS(=O)(=O)c1ccc(-c2ccon2)s1. The van der Waals surface area contributed by atoms with Gasteiger partial charge in [-0.3, -0.25) is 4.72 Å². The van der Waals surface area contributed by atoms with Crippen LogP contribution < -0.4 is 4.72 Å². The minimum absolute atomic E-state index is 0.0499. The summed E-state index contributed by atoms with van der Waals surface area (Å²) in [6, 6.07) is 6.08. The minimum atomic E-state index is -3.86. The molecule has 0 saturated heterocycles. The number of nitrogens with one attached hydrogen (secondary N) is 1. The van der Waals surface area contributed by atoms with Gasteiger partial charge >= 0.3 is 5.97 Å². The van der Waals surface area contributed by atoms with Gasteiger partial charge in [0.15, 0.2) is 0 Å². The summed E-state index contributed by atoms with van der Waals surface area (Å²) in [6.45, 7) is 0. The second kappa shape index (κ2) is 5.55. The van der Waals surface area contributed by atoms with E-state index in [4.69, 9.17) is 9.63 Å². The predicted octanol–water partition coefficient (Wildman–Crippen LogP) is 2.96. The van der Waals surface area contributed by atoms with E-state index in [0.717, 1.165) is 22.7 Å². The van der Waals surface area contributed by atoms with Gasteiger partial charge in [0.25, 0.3) is 10.0 Å². The zero-order valence-corrected chi connectivity index (χ0v) is 13.2. The molecule has 0 atom stereocenters. The molecule has 3 heterocycles. The summed E-state index contributed by atoms with van der Waals surface area (Å²) >= 11 is 1.97. The number of aromatic nitrogens is 1. The molecule has 3 rings (SSSR count). The standard InChI is InChI=1S/C12H8N2O5S3/c15-12(16)11-8(4-6-20-11)14-22(17,18)10-2-1-9(21-10)7-3-5-19-13-7/h1-6,14H,(H,15,16). The third kappa shape index (κ3) is 2.75. The first-order chi connectivity index (χ1) is 10.5. The van der Waals surface area contributed by atoms with Gasteiger partial charge < -0.3 is 9.63 Å². The summed E-state index contributed by atoms with van der Waals surface area (Å²) in [4.78, 5) is 11.6. The van der Waals surface area contributed by atoms with Crippen molar-refractivity contribution in [2.45, 2.75) is 4.21 Å². The summed E-state index contributed by atoms with van der Waals surface area (Å²) in [6.07, 6.45) is 1.39. The maximum absolute atomic E-state index is 12.3. The van der Waals surface area contributed by atoms with Crippen molar-refractivity contribution in [3.05, 3.63) is 40.8 Å². The number of nitrogens with zero attached hydrogens (tertiary/aromatic N) is 1. The summed E-state index contributed by atoms with van der Waals surface area (Å²) < 4.78 is 31.7. The largest absolute Gasteiger partial charge is 0.477 e. The maximum atomic E-state index is 12.3. The Labute approximate surface area is 132 Å². The molecule has 0 saturated carbocycles. The fourth-order valence-electron chi connectivity index (χ4n) is 1.69. The number of hydrogen-bond donors (Lipinski definition) is 2. The number of carbonyl (C=O) groups is 1. The monoisotopic (exact) mass is 356 g/mol. The summed E-state index contributed by atoms with van der Waals surface area (Å²) in [7, 11) is -3.86. The Kier molecular flexibility index (Phi) is 3.72. The van der Waals surface area contributed by atoms with Crippen molar-refractivity contribution < 1.29 is 22.8 Å². The fourth-order valence-corrected chi connectivity index (χ4v) is 4.78. The van der Waals surface area contributed by atoms with Gasteiger partial charge in [-0.1, -0.05) is 5.16 Å². The van der Waals surface area contributed by atoms with Crippen LogP contribution in [0.5, 0.6) is 0 Å². The molecule has 0 spiro atoms. The second-order valence-corrected chi connectivity index (χ2v) is 7.99. The van der Waals surface area contributed by atoms with Crippen LogP contribution in [0.25, 0.3) is 10.6 Å². The molecule has 0 aliphatic carbocycles. The highest BCUT2D eigenvalue weighted by Crippen LogP contribution is 2.32. The van der Waals surface area contributed by atoms with Gasteiger partial charge in [0, 0.05) is 6.07 Å². The topological polar surface area (TPSA) is 110 Å². The number of thiophene rings is 2. The average molecular weight is 356 g/mol. The lowest BCUT2D eigenvalue weighted by molar-refractivity contribution is 0.0703. The first-order valence-corrected chi connectivity index (χ1v) is 8.99. The Morgan fingerprint density at radius 2 is 2.09 bits per heavy atom. The molecule has 2 N–H and O–H groups in total. The molecule has 22 heavy (non-hydrogen) atoms. The van der Waals surface area contributed by atoms with Crippen LogP contribution in [0, 0.1) is 0 Å². The van der Waals surface area contributed by atoms with Gasteiger partial charge in [0.2, 0.25) is 0 Å². The van der Waals surface area contributed by atoms with E-state index in [-0.39, 0.29) is 14.8 Å². The Hall–Kier alpha value is -2.17. The van der Waals surface area contributed by atoms with Gasteiger partial charge in [-0.15, -0.1) is 22.7 Å². The van der Waals surface area contributed by atoms with Gasteiger partial charge in [-0.25, -0.2) is 13.2 Å². The van der Waals surface area contributed by atoms with E-state index in [2.05, 4.69) is 9.88 Å². The van der Waals surface area contributed by atoms with Crippen LogP contribution in [0.4, 0.5) is 5.69 Å². The first kappa shape index (κ1) is 14.8. The molecule has 3 aromatic rings. The van der Waals surface area contributed by atoms with E-state index in [1.165, 1.54) is 23.8 Å². The molecular weight excluding hydrogens is 348 g/mol. The number of anilines is 1. The van der Waals surface area contributed by atoms with Crippen LogP contribution >= 0.6 is 22.7 Å². The minimum Gasteiger partial charge on any atom is -0.477 e. The van der Waals surface area contributed by atoms with Crippen LogP contribution in [0.2, 0.25) is 0 Å². The smallest absolute Gasteiger partial charge is 0.348 e. The zero-order chi connectivity index (χ0) is 15.7. The maximum Gasteiger partial charge on any atom is 0.348 e. The molecule has 0 aliphatic heterocycles. The van der Waals surface area contributed by atoms with E-state index in [9.17, 15) is 13.2 Å². The van der Waals surface area contributed by atoms with Gasteiger partial charge in [0.1, 0.15) is 21.0 Å². The molecular formula is C12H8N2O5S3. The number of carboxylic acid groups (broad SMARTS) is 1. The highest BCUT2D eigenvalue weighted by atomic mass is 32.2. The van der Waals surface area contributed by atoms with Crippen molar-refractivity contribution in [3.8, 4) is 10.6 Å². The van der Waals surface area contributed by atoms with Crippen LogP contribution in [-0.2, 0) is 10.0 Å². The molecule has 0 unspecified atom stereocenters. The van der Waals surface area contributed by atoms with Gasteiger partial charge in [-0.2, -0.15) is 0 Å². The van der Waals surface area contributed by atoms with Gasteiger partial charge in [-0.05, 0) is 23.6 Å². The van der Waals surface area contributed by atoms with Crippen molar-refractivity contribution in [1.29, 1.82) is 0 Å². The molecule has 3 aromatic heterocycles. The molecule has 0 bridgehead atoms. The Morgan fingerprint density at radius 3 is 2.77 bits per heavy atom. The molecule has 10 heteroatoms. The van der Waals surface area contributed by atoms with Crippen molar-refractivity contribution in [1.82, 2.24) is 5.16 Å². The Morgan fingerprint density at radius 1 is 1.27 bits per heavy atom. The van der Waals surface area contributed by atoms with E-state index in [1.54, 1.807) is 12.1 Å². The lowest BCUT2D eigenvalue weighted by Crippen LogP contribution is -2.13. The molecule has 114 valence electrons. The van der Waals surface area contributed by atoms with Crippen molar-refractivity contribution >= 4 is 44.4 Å². The van der Waals surface area contributed by atoms with E-state index >= 15 is 0 Å². The Balaban J connectivity index is 1.90. The number of sulfonamides is 1. The number of hydrogen-bond acceptors (Lipinski definition) is 7. The zero-order valence-electron chi connectivity index (χ0n) is 10.7.